The summed E-state index contributed by atoms with van der Waals surface area (Å²) in [6, 6.07) is 2.87. The second-order valence-corrected chi connectivity index (χ2v) is 8.58. The van der Waals surface area contributed by atoms with Crippen molar-refractivity contribution in [2.75, 3.05) is 12.9 Å². The van der Waals surface area contributed by atoms with Gasteiger partial charge in [0.05, 0.1) is 22.6 Å². The average molecular weight is 419 g/mol. The highest BCUT2D eigenvalue weighted by atomic mass is 32.2. The molecule has 0 bridgehead atoms. The molecule has 0 aliphatic carbocycles. The number of aromatic nitrogens is 2. The van der Waals surface area contributed by atoms with Crippen molar-refractivity contribution in [3.8, 4) is 5.88 Å². The quantitative estimate of drug-likeness (QED) is 0.413. The molecule has 1 aromatic carbocycles. The fourth-order valence-electron chi connectivity index (χ4n) is 3.36. The lowest BCUT2D eigenvalue weighted by Crippen LogP contribution is -2.24. The van der Waals surface area contributed by atoms with Gasteiger partial charge in [-0.3, -0.25) is 9.59 Å². The second kappa shape index (κ2) is 7.78. The van der Waals surface area contributed by atoms with Gasteiger partial charge in [-0.1, -0.05) is 5.16 Å². The topological polar surface area (TPSA) is 117 Å². The highest BCUT2D eigenvalue weighted by Crippen LogP contribution is 2.32. The van der Waals surface area contributed by atoms with E-state index in [0.717, 1.165) is 0 Å². The third-order valence-corrected chi connectivity index (χ3v) is 6.43. The van der Waals surface area contributed by atoms with Crippen LogP contribution in [0, 0.1) is 6.92 Å². The van der Waals surface area contributed by atoms with Crippen molar-refractivity contribution in [1.29, 1.82) is 0 Å². The maximum absolute atomic E-state index is 13.2. The number of fused-ring (bicyclic) bond motifs is 1. The van der Waals surface area contributed by atoms with Crippen LogP contribution in [0.1, 0.15) is 47.3 Å². The molecule has 154 valence electrons. The van der Waals surface area contributed by atoms with E-state index in [1.54, 1.807) is 13.8 Å². The number of hydrogen-bond donors (Lipinski definition) is 0. The molecule has 0 saturated carbocycles. The minimum absolute atomic E-state index is 0.0560. The monoisotopic (exact) mass is 419 g/mol. The van der Waals surface area contributed by atoms with E-state index in [9.17, 15) is 18.0 Å². The van der Waals surface area contributed by atoms with Crippen molar-refractivity contribution in [2.24, 2.45) is 5.16 Å². The van der Waals surface area contributed by atoms with Gasteiger partial charge in [-0.05, 0) is 31.5 Å². The van der Waals surface area contributed by atoms with Gasteiger partial charge in [0.15, 0.2) is 15.6 Å². The van der Waals surface area contributed by atoms with Crippen molar-refractivity contribution < 1.29 is 27.6 Å². The number of carbonyl (C=O) groups excluding carboxylic acids is 2. The summed E-state index contributed by atoms with van der Waals surface area (Å²) in [5.74, 6) is -1.02. The number of hydrogen-bond acceptors (Lipinski definition) is 8. The molecule has 1 aliphatic heterocycles. The Balaban J connectivity index is 2.18. The van der Waals surface area contributed by atoms with Crippen molar-refractivity contribution in [3.05, 3.63) is 40.6 Å². The first-order valence-corrected chi connectivity index (χ1v) is 10.6. The summed E-state index contributed by atoms with van der Waals surface area (Å²) in [4.78, 5) is 29.7. The lowest BCUT2D eigenvalue weighted by atomic mass is 9.93. The second-order valence-electron chi connectivity index (χ2n) is 6.50. The van der Waals surface area contributed by atoms with Crippen molar-refractivity contribution in [3.63, 3.8) is 0 Å². The Morgan fingerprint density at radius 3 is 2.62 bits per heavy atom. The fourth-order valence-corrected chi connectivity index (χ4v) is 4.90. The largest absolute Gasteiger partial charge is 0.407 e. The highest BCUT2D eigenvalue weighted by molar-refractivity contribution is 7.91. The number of nitrogens with zero attached hydrogens (tertiary/aromatic N) is 3. The zero-order chi connectivity index (χ0) is 21.3. The standard InChI is InChI=1S/C19H21N3O6S/c1-5-22-19(28-12(3)23)14(10-20-22)18(24)13-6-7-16-17(11(13)2)15(21-27-4)8-9-29(16,25)26/h6-7,10H,5,8-9H2,1-4H3/b21-15+. The van der Waals surface area contributed by atoms with Crippen LogP contribution in [-0.2, 0) is 26.0 Å². The molecule has 1 aromatic heterocycles. The van der Waals surface area contributed by atoms with Crippen LogP contribution in [0.25, 0.3) is 0 Å². The number of carbonyl (C=O) groups is 2. The van der Waals surface area contributed by atoms with Crippen LogP contribution in [0.15, 0.2) is 28.4 Å². The molecule has 0 fully saturated rings. The minimum Gasteiger partial charge on any atom is -0.407 e. The number of ketones is 1. The van der Waals surface area contributed by atoms with Gasteiger partial charge in [0, 0.05) is 31.0 Å². The molecule has 0 N–H and O–H groups in total. The third kappa shape index (κ3) is 3.67. The maximum Gasteiger partial charge on any atom is 0.309 e. The molecule has 0 atom stereocenters. The van der Waals surface area contributed by atoms with Crippen LogP contribution in [0.2, 0.25) is 0 Å². The first kappa shape index (κ1) is 20.7. The number of aryl methyl sites for hydroxylation is 1. The first-order chi connectivity index (χ1) is 13.7. The van der Waals surface area contributed by atoms with Gasteiger partial charge in [-0.2, -0.15) is 5.10 Å². The maximum atomic E-state index is 13.2. The molecule has 3 rings (SSSR count). The summed E-state index contributed by atoms with van der Waals surface area (Å²) in [6.45, 7) is 5.11. The summed E-state index contributed by atoms with van der Waals surface area (Å²) in [7, 11) is -2.10. The number of sulfone groups is 1. The van der Waals surface area contributed by atoms with Gasteiger partial charge in [0.2, 0.25) is 5.88 Å². The molecule has 0 amide bonds. The van der Waals surface area contributed by atoms with E-state index in [-0.39, 0.29) is 34.1 Å². The summed E-state index contributed by atoms with van der Waals surface area (Å²) >= 11 is 0. The molecule has 29 heavy (non-hydrogen) atoms. The highest BCUT2D eigenvalue weighted by Gasteiger charge is 2.32. The van der Waals surface area contributed by atoms with Crippen LogP contribution in [-0.4, -0.2) is 48.5 Å². The molecule has 0 saturated heterocycles. The lowest BCUT2D eigenvalue weighted by Gasteiger charge is -2.21. The Morgan fingerprint density at radius 1 is 1.28 bits per heavy atom. The van der Waals surface area contributed by atoms with Gasteiger partial charge >= 0.3 is 5.97 Å². The Kier molecular flexibility index (Phi) is 5.56. The molecule has 1 aliphatic rings. The van der Waals surface area contributed by atoms with E-state index in [2.05, 4.69) is 10.3 Å². The summed E-state index contributed by atoms with van der Waals surface area (Å²) in [6.07, 6.45) is 1.53. The van der Waals surface area contributed by atoms with Gasteiger partial charge in [0.25, 0.3) is 0 Å². The molecule has 2 aromatic rings. The number of benzene rings is 1. The Labute approximate surface area is 168 Å². The summed E-state index contributed by atoms with van der Waals surface area (Å²) in [5.41, 5.74) is 1.70. The van der Waals surface area contributed by atoms with Gasteiger partial charge < -0.3 is 9.57 Å². The molecule has 0 spiro atoms. The zero-order valence-corrected chi connectivity index (χ0v) is 17.4. The Morgan fingerprint density at radius 2 is 2.00 bits per heavy atom. The number of rotatable bonds is 5. The smallest absolute Gasteiger partial charge is 0.309 e. The SMILES string of the molecule is CCn1ncc(C(=O)c2ccc3c(c2C)/C(=N/OC)CCS3(=O)=O)c1OC(C)=O. The van der Waals surface area contributed by atoms with Crippen LogP contribution in [0.5, 0.6) is 5.88 Å². The van der Waals surface area contributed by atoms with Crippen LogP contribution >= 0.6 is 0 Å². The Hall–Kier alpha value is -3.01. The van der Waals surface area contributed by atoms with Crippen LogP contribution in [0.4, 0.5) is 0 Å². The minimum atomic E-state index is -3.48. The zero-order valence-electron chi connectivity index (χ0n) is 16.6. The average Bonchev–Trinajstić information content (AvgIpc) is 3.05. The van der Waals surface area contributed by atoms with Crippen LogP contribution < -0.4 is 4.74 Å². The van der Waals surface area contributed by atoms with E-state index in [0.29, 0.717) is 23.4 Å². The summed E-state index contributed by atoms with van der Waals surface area (Å²) in [5, 5.41) is 8.05. The van der Waals surface area contributed by atoms with Gasteiger partial charge in [0.1, 0.15) is 12.7 Å². The van der Waals surface area contributed by atoms with Crippen molar-refractivity contribution in [1.82, 2.24) is 9.78 Å². The van der Waals surface area contributed by atoms with Crippen molar-refractivity contribution >= 4 is 27.3 Å². The molecular weight excluding hydrogens is 398 g/mol. The number of esters is 1. The molecule has 10 heteroatoms. The van der Waals surface area contributed by atoms with Crippen LogP contribution in [0.3, 0.4) is 0 Å². The normalized spacial score (nSPS) is 16.3. The first-order valence-electron chi connectivity index (χ1n) is 8.97. The van der Waals surface area contributed by atoms with E-state index >= 15 is 0 Å². The lowest BCUT2D eigenvalue weighted by molar-refractivity contribution is -0.132. The third-order valence-electron chi connectivity index (χ3n) is 4.68. The van der Waals surface area contributed by atoms with Gasteiger partial charge in [-0.15, -0.1) is 0 Å². The molecule has 2 heterocycles. The van der Waals surface area contributed by atoms with E-state index in [4.69, 9.17) is 9.57 Å². The molecule has 0 unspecified atom stereocenters. The predicted octanol–water partition coefficient (Wildman–Crippen LogP) is 1.90. The molecule has 9 nitrogen and oxygen atoms in total. The fraction of sp³-hybridized carbons (Fsp3) is 0.368. The van der Waals surface area contributed by atoms with E-state index in [1.807, 2.05) is 0 Å². The van der Waals surface area contributed by atoms with E-state index in [1.165, 1.54) is 37.0 Å². The Bertz CT molecular complexity index is 1130. The van der Waals surface area contributed by atoms with E-state index < -0.39 is 21.6 Å². The number of oxime groups is 1. The van der Waals surface area contributed by atoms with Crippen molar-refractivity contribution in [2.45, 2.75) is 38.6 Å². The summed E-state index contributed by atoms with van der Waals surface area (Å²) < 4.78 is 31.6. The van der Waals surface area contributed by atoms with Gasteiger partial charge in [-0.25, -0.2) is 13.1 Å². The molecule has 0 radical (unpaired) electrons. The predicted molar refractivity (Wildman–Crippen MR) is 104 cm³/mol. The molecular formula is C19H21N3O6S. The number of ether oxygens (including phenoxy) is 1.